The number of nitrogens with one attached hydrogen (secondary N) is 2. The molecule has 0 heterocycles. The van der Waals surface area contributed by atoms with Crippen molar-refractivity contribution in [3.8, 4) is 11.8 Å². The molecule has 7 heteroatoms. The minimum Gasteiger partial charge on any atom is -0.497 e. The quantitative estimate of drug-likeness (QED) is 0.355. The predicted molar refractivity (Wildman–Crippen MR) is 92.8 cm³/mol. The minimum atomic E-state index is -1.13. The Balaban J connectivity index is 2.59. The summed E-state index contributed by atoms with van der Waals surface area (Å²) >= 11 is 0. The second kappa shape index (κ2) is 9.98. The first-order valence-corrected chi connectivity index (χ1v) is 7.89. The number of carbonyl (C=O) groups is 2. The fourth-order valence-corrected chi connectivity index (χ4v) is 2.10. The Bertz CT molecular complexity index is 677. The number of benzene rings is 1. The van der Waals surface area contributed by atoms with Gasteiger partial charge >= 0.3 is 5.97 Å². The van der Waals surface area contributed by atoms with Crippen molar-refractivity contribution in [2.45, 2.75) is 26.3 Å². The molecule has 1 unspecified atom stereocenters. The van der Waals surface area contributed by atoms with Gasteiger partial charge < -0.3 is 20.5 Å². The number of carbonyl (C=O) groups excluding carboxylic acids is 1. The molecule has 0 saturated carbocycles. The molecule has 1 amide bonds. The van der Waals surface area contributed by atoms with Gasteiger partial charge in [0.15, 0.2) is 0 Å². The molecule has 0 spiro atoms. The van der Waals surface area contributed by atoms with Crippen LogP contribution in [0.1, 0.15) is 19.4 Å². The molecule has 0 saturated heterocycles. The fourth-order valence-electron chi connectivity index (χ4n) is 2.10. The van der Waals surface area contributed by atoms with Crippen molar-refractivity contribution in [1.29, 1.82) is 5.26 Å². The Kier molecular flexibility index (Phi) is 8.00. The minimum absolute atomic E-state index is 0.169. The van der Waals surface area contributed by atoms with Crippen molar-refractivity contribution in [2.24, 2.45) is 5.92 Å². The van der Waals surface area contributed by atoms with Crippen molar-refractivity contribution >= 4 is 11.9 Å². The summed E-state index contributed by atoms with van der Waals surface area (Å²) in [5.74, 6) is -1.37. The van der Waals surface area contributed by atoms with Gasteiger partial charge in [0.1, 0.15) is 23.4 Å². The van der Waals surface area contributed by atoms with Crippen LogP contribution in [0.2, 0.25) is 0 Å². The van der Waals surface area contributed by atoms with E-state index < -0.39 is 17.9 Å². The number of nitrogens with zero attached hydrogens (tertiary/aromatic N) is 1. The summed E-state index contributed by atoms with van der Waals surface area (Å²) in [6, 6.07) is 8.33. The van der Waals surface area contributed by atoms with Gasteiger partial charge in [0.05, 0.1) is 7.11 Å². The predicted octanol–water partition coefficient (Wildman–Crippen LogP) is 1.46. The number of nitriles is 1. The van der Waals surface area contributed by atoms with Crippen molar-refractivity contribution in [1.82, 2.24) is 10.6 Å². The van der Waals surface area contributed by atoms with Crippen LogP contribution >= 0.6 is 0 Å². The van der Waals surface area contributed by atoms with Crippen LogP contribution in [0, 0.1) is 17.2 Å². The summed E-state index contributed by atoms with van der Waals surface area (Å²) in [5, 5.41) is 23.4. The first kappa shape index (κ1) is 20.0. The molecular weight excluding hydrogens is 322 g/mol. The Labute approximate surface area is 147 Å². The van der Waals surface area contributed by atoms with Gasteiger partial charge in [-0.1, -0.05) is 26.0 Å². The van der Waals surface area contributed by atoms with E-state index in [0.717, 1.165) is 11.3 Å². The zero-order valence-electron chi connectivity index (χ0n) is 14.6. The highest BCUT2D eigenvalue weighted by molar-refractivity contribution is 5.99. The summed E-state index contributed by atoms with van der Waals surface area (Å²) in [6.07, 6.45) is 1.98. The number of rotatable bonds is 9. The van der Waals surface area contributed by atoms with Crippen LogP contribution in [0.5, 0.6) is 5.75 Å². The van der Waals surface area contributed by atoms with Crippen LogP contribution < -0.4 is 15.4 Å². The SMILES string of the molecule is COc1cccc(CCN/C=C(/C#N)C(=O)NC(C(=O)O)C(C)C)c1. The summed E-state index contributed by atoms with van der Waals surface area (Å²) in [5.41, 5.74) is 0.881. The molecule has 0 aromatic heterocycles. The van der Waals surface area contributed by atoms with E-state index in [4.69, 9.17) is 15.1 Å². The van der Waals surface area contributed by atoms with Gasteiger partial charge in [-0.05, 0) is 30.0 Å². The molecule has 0 bridgehead atoms. The molecule has 1 aromatic carbocycles. The molecule has 1 atom stereocenters. The molecule has 0 aliphatic heterocycles. The van der Waals surface area contributed by atoms with E-state index in [1.165, 1.54) is 6.20 Å². The normalized spacial score (nSPS) is 12.2. The third kappa shape index (κ3) is 6.55. The lowest BCUT2D eigenvalue weighted by molar-refractivity contribution is -0.142. The number of ether oxygens (including phenoxy) is 1. The largest absolute Gasteiger partial charge is 0.497 e. The zero-order valence-corrected chi connectivity index (χ0v) is 14.6. The lowest BCUT2D eigenvalue weighted by atomic mass is 10.0. The van der Waals surface area contributed by atoms with E-state index in [-0.39, 0.29) is 11.5 Å². The van der Waals surface area contributed by atoms with E-state index >= 15 is 0 Å². The first-order chi connectivity index (χ1) is 11.9. The number of carboxylic acids is 1. The molecule has 134 valence electrons. The summed E-state index contributed by atoms with van der Waals surface area (Å²) in [7, 11) is 1.60. The Morgan fingerprint density at radius 2 is 2.12 bits per heavy atom. The van der Waals surface area contributed by atoms with Gasteiger partial charge in [0.25, 0.3) is 5.91 Å². The molecule has 0 fully saturated rings. The van der Waals surface area contributed by atoms with E-state index in [1.807, 2.05) is 24.3 Å². The van der Waals surface area contributed by atoms with Gasteiger partial charge in [0, 0.05) is 12.7 Å². The van der Waals surface area contributed by atoms with Crippen molar-refractivity contribution < 1.29 is 19.4 Å². The Morgan fingerprint density at radius 1 is 1.40 bits per heavy atom. The van der Waals surface area contributed by atoms with E-state index in [2.05, 4.69) is 10.6 Å². The highest BCUT2D eigenvalue weighted by Gasteiger charge is 2.24. The van der Waals surface area contributed by atoms with Crippen molar-refractivity contribution in [3.05, 3.63) is 41.6 Å². The van der Waals surface area contributed by atoms with Crippen LogP contribution in [0.25, 0.3) is 0 Å². The topological polar surface area (TPSA) is 111 Å². The van der Waals surface area contributed by atoms with Crippen molar-refractivity contribution in [3.63, 3.8) is 0 Å². The van der Waals surface area contributed by atoms with E-state index in [1.54, 1.807) is 27.0 Å². The standard InChI is InChI=1S/C18H23N3O4/c1-12(2)16(18(23)24)21-17(22)14(10-19)11-20-8-7-13-5-4-6-15(9-13)25-3/h4-6,9,11-12,16,20H,7-8H2,1-3H3,(H,21,22)(H,23,24)/b14-11-. The van der Waals surface area contributed by atoms with Crippen LogP contribution in [0.15, 0.2) is 36.0 Å². The van der Waals surface area contributed by atoms with Crippen LogP contribution in [0.4, 0.5) is 0 Å². The maximum absolute atomic E-state index is 12.0. The van der Waals surface area contributed by atoms with Gasteiger partial charge in [-0.25, -0.2) is 4.79 Å². The molecule has 0 aliphatic carbocycles. The summed E-state index contributed by atoms with van der Waals surface area (Å²) in [6.45, 7) is 3.88. The molecule has 1 aromatic rings. The first-order valence-electron chi connectivity index (χ1n) is 7.89. The maximum atomic E-state index is 12.0. The highest BCUT2D eigenvalue weighted by Crippen LogP contribution is 2.12. The van der Waals surface area contributed by atoms with E-state index in [0.29, 0.717) is 13.0 Å². The van der Waals surface area contributed by atoms with Crippen molar-refractivity contribution in [2.75, 3.05) is 13.7 Å². The smallest absolute Gasteiger partial charge is 0.326 e. The molecule has 0 radical (unpaired) electrons. The number of hydrogen-bond acceptors (Lipinski definition) is 5. The average Bonchev–Trinajstić information content (AvgIpc) is 2.59. The lowest BCUT2D eigenvalue weighted by Crippen LogP contribution is -2.44. The Hall–Kier alpha value is -3.01. The molecule has 3 N–H and O–H groups in total. The third-order valence-electron chi connectivity index (χ3n) is 3.52. The van der Waals surface area contributed by atoms with Crippen LogP contribution in [0.3, 0.4) is 0 Å². The number of methoxy groups -OCH3 is 1. The van der Waals surface area contributed by atoms with Gasteiger partial charge in [-0.15, -0.1) is 0 Å². The average molecular weight is 345 g/mol. The highest BCUT2D eigenvalue weighted by atomic mass is 16.5. The van der Waals surface area contributed by atoms with Gasteiger partial charge in [0.2, 0.25) is 0 Å². The van der Waals surface area contributed by atoms with Crippen LogP contribution in [-0.2, 0) is 16.0 Å². The monoisotopic (exact) mass is 345 g/mol. The van der Waals surface area contributed by atoms with Crippen LogP contribution in [-0.4, -0.2) is 36.7 Å². The fraction of sp³-hybridized carbons (Fsp3) is 0.389. The summed E-state index contributed by atoms with van der Waals surface area (Å²) in [4.78, 5) is 23.1. The zero-order chi connectivity index (χ0) is 18.8. The van der Waals surface area contributed by atoms with Gasteiger partial charge in [-0.3, -0.25) is 4.79 Å². The molecular formula is C18H23N3O4. The maximum Gasteiger partial charge on any atom is 0.326 e. The Morgan fingerprint density at radius 3 is 2.68 bits per heavy atom. The number of hydrogen-bond donors (Lipinski definition) is 3. The van der Waals surface area contributed by atoms with E-state index in [9.17, 15) is 9.59 Å². The molecule has 7 nitrogen and oxygen atoms in total. The number of aliphatic carboxylic acids is 1. The number of carboxylic acid groups (broad SMARTS) is 1. The summed E-state index contributed by atoms with van der Waals surface area (Å²) < 4.78 is 5.15. The molecule has 25 heavy (non-hydrogen) atoms. The van der Waals surface area contributed by atoms with Gasteiger partial charge in [-0.2, -0.15) is 5.26 Å². The second-order valence-corrected chi connectivity index (χ2v) is 5.76. The second-order valence-electron chi connectivity index (χ2n) is 5.76. The lowest BCUT2D eigenvalue weighted by Gasteiger charge is -2.17. The third-order valence-corrected chi connectivity index (χ3v) is 3.52. The molecule has 1 rings (SSSR count). The molecule has 0 aliphatic rings. The number of amides is 1.